The van der Waals surface area contributed by atoms with Gasteiger partial charge in [0.1, 0.15) is 11.8 Å². The molecule has 6 aromatic rings. The molecule has 0 amide bonds. The SMILES string of the molecule is N#Cc1nn(C(c2ccccc2)(c2ccccc2)c2ccccc2)nc1-c1cccc(CSc2ccc(Cl)c(Cl)c2)c1. The fraction of sp³-hybridized carbons (Fsp3) is 0.0571. The van der Waals surface area contributed by atoms with Gasteiger partial charge in [0.25, 0.3) is 0 Å². The molecule has 0 fully saturated rings. The van der Waals surface area contributed by atoms with Gasteiger partial charge in [-0.25, -0.2) is 0 Å². The summed E-state index contributed by atoms with van der Waals surface area (Å²) in [5, 5.41) is 21.3. The molecular weight excluding hydrogens is 579 g/mol. The molecule has 0 radical (unpaired) electrons. The molecule has 42 heavy (non-hydrogen) atoms. The maximum absolute atomic E-state index is 10.2. The molecule has 0 N–H and O–H groups in total. The molecule has 1 aromatic heterocycles. The second-order valence-electron chi connectivity index (χ2n) is 9.67. The molecule has 4 nitrogen and oxygen atoms in total. The van der Waals surface area contributed by atoms with Crippen LogP contribution in [0, 0.1) is 11.3 Å². The van der Waals surface area contributed by atoms with Crippen molar-refractivity contribution in [2.24, 2.45) is 0 Å². The average molecular weight is 604 g/mol. The lowest BCUT2D eigenvalue weighted by Crippen LogP contribution is -2.39. The predicted molar refractivity (Wildman–Crippen MR) is 171 cm³/mol. The van der Waals surface area contributed by atoms with E-state index in [0.29, 0.717) is 21.5 Å². The van der Waals surface area contributed by atoms with Crippen molar-refractivity contribution >= 4 is 35.0 Å². The number of nitriles is 1. The average Bonchev–Trinajstić information content (AvgIpc) is 3.48. The second-order valence-corrected chi connectivity index (χ2v) is 11.5. The van der Waals surface area contributed by atoms with Gasteiger partial charge in [-0.1, -0.05) is 132 Å². The maximum Gasteiger partial charge on any atom is 0.190 e. The van der Waals surface area contributed by atoms with Gasteiger partial charge in [-0.05, 0) is 46.5 Å². The molecule has 0 unspecified atom stereocenters. The Labute approximate surface area is 259 Å². The second kappa shape index (κ2) is 12.3. The first-order valence-corrected chi connectivity index (χ1v) is 15.1. The molecule has 6 rings (SSSR count). The Bertz CT molecular complexity index is 1770. The Kier molecular flexibility index (Phi) is 8.12. The van der Waals surface area contributed by atoms with Crippen LogP contribution in [-0.2, 0) is 11.3 Å². The molecule has 1 heterocycles. The van der Waals surface area contributed by atoms with E-state index in [-0.39, 0.29) is 5.69 Å². The number of benzene rings is 5. The summed E-state index contributed by atoms with van der Waals surface area (Å²) in [7, 11) is 0. The highest BCUT2D eigenvalue weighted by atomic mass is 35.5. The van der Waals surface area contributed by atoms with E-state index in [0.717, 1.165) is 32.7 Å². The third kappa shape index (κ3) is 5.33. The molecule has 204 valence electrons. The van der Waals surface area contributed by atoms with Gasteiger partial charge in [0.15, 0.2) is 11.2 Å². The van der Waals surface area contributed by atoms with Crippen LogP contribution in [0.1, 0.15) is 27.9 Å². The van der Waals surface area contributed by atoms with Crippen molar-refractivity contribution in [2.75, 3.05) is 0 Å². The van der Waals surface area contributed by atoms with Crippen molar-refractivity contribution in [3.05, 3.63) is 171 Å². The number of rotatable bonds is 8. The Balaban J connectivity index is 1.47. The lowest BCUT2D eigenvalue weighted by Gasteiger charge is -2.34. The van der Waals surface area contributed by atoms with Gasteiger partial charge < -0.3 is 0 Å². The van der Waals surface area contributed by atoms with E-state index >= 15 is 0 Å². The molecule has 0 spiro atoms. The number of halogens is 2. The Morgan fingerprint density at radius 2 is 1.26 bits per heavy atom. The van der Waals surface area contributed by atoms with Gasteiger partial charge in [0.05, 0.1) is 10.0 Å². The summed E-state index contributed by atoms with van der Waals surface area (Å²) in [6, 6.07) is 46.6. The third-order valence-electron chi connectivity index (χ3n) is 7.09. The Morgan fingerprint density at radius 3 is 1.81 bits per heavy atom. The van der Waals surface area contributed by atoms with E-state index in [4.69, 9.17) is 33.4 Å². The van der Waals surface area contributed by atoms with Crippen molar-refractivity contribution in [1.82, 2.24) is 15.0 Å². The first-order valence-electron chi connectivity index (χ1n) is 13.3. The Morgan fingerprint density at radius 1 is 0.667 bits per heavy atom. The van der Waals surface area contributed by atoms with Crippen LogP contribution >= 0.6 is 35.0 Å². The zero-order valence-corrected chi connectivity index (χ0v) is 24.7. The van der Waals surface area contributed by atoms with E-state index in [1.807, 2.05) is 78.9 Å². The van der Waals surface area contributed by atoms with Crippen LogP contribution in [0.25, 0.3) is 11.3 Å². The van der Waals surface area contributed by atoms with Crippen LogP contribution in [0.4, 0.5) is 0 Å². The van der Waals surface area contributed by atoms with Crippen molar-refractivity contribution in [3.63, 3.8) is 0 Å². The van der Waals surface area contributed by atoms with E-state index in [1.54, 1.807) is 22.6 Å². The molecule has 0 saturated carbocycles. The number of nitrogens with zero attached hydrogens (tertiary/aromatic N) is 4. The number of aromatic nitrogens is 3. The van der Waals surface area contributed by atoms with Crippen molar-refractivity contribution in [3.8, 4) is 17.3 Å². The standard InChI is InChI=1S/C35H24Cl2N4S/c36-31-20-19-30(22-32(31)37)42-24-25-11-10-12-26(21-25)34-33(23-38)39-41(40-34)35(27-13-4-1-5-14-27,28-15-6-2-7-16-28)29-17-8-3-9-18-29/h1-22H,24H2. The molecule has 7 heteroatoms. The van der Waals surface area contributed by atoms with Gasteiger partial charge in [-0.15, -0.1) is 16.9 Å². The summed E-state index contributed by atoms with van der Waals surface area (Å²) in [6.07, 6.45) is 0. The molecule has 5 aromatic carbocycles. The summed E-state index contributed by atoms with van der Waals surface area (Å²) >= 11 is 14.0. The van der Waals surface area contributed by atoms with E-state index in [9.17, 15) is 5.26 Å². The van der Waals surface area contributed by atoms with Gasteiger partial charge in [0.2, 0.25) is 0 Å². The van der Waals surface area contributed by atoms with Gasteiger partial charge >= 0.3 is 0 Å². The van der Waals surface area contributed by atoms with Crippen LogP contribution in [0.5, 0.6) is 0 Å². The first kappa shape index (κ1) is 27.8. The minimum absolute atomic E-state index is 0.261. The Hall–Kier alpha value is -4.34. The van der Waals surface area contributed by atoms with Crippen LogP contribution < -0.4 is 0 Å². The minimum Gasteiger partial charge on any atom is -0.191 e. The molecular formula is C35H24Cl2N4S. The van der Waals surface area contributed by atoms with Crippen molar-refractivity contribution in [2.45, 2.75) is 16.2 Å². The van der Waals surface area contributed by atoms with Crippen LogP contribution in [-0.4, -0.2) is 15.0 Å². The summed E-state index contributed by atoms with van der Waals surface area (Å²) in [6.45, 7) is 0. The highest BCUT2D eigenvalue weighted by Crippen LogP contribution is 2.41. The quantitative estimate of drug-likeness (QED) is 0.129. The molecule has 0 bridgehead atoms. The predicted octanol–water partition coefficient (Wildman–Crippen LogP) is 9.26. The minimum atomic E-state index is -0.908. The zero-order chi connectivity index (χ0) is 28.9. The number of hydrogen-bond donors (Lipinski definition) is 0. The lowest BCUT2D eigenvalue weighted by molar-refractivity contribution is 0.404. The molecule has 0 aliphatic rings. The topological polar surface area (TPSA) is 54.5 Å². The van der Waals surface area contributed by atoms with E-state index < -0.39 is 5.54 Å². The molecule has 0 aliphatic carbocycles. The fourth-order valence-electron chi connectivity index (χ4n) is 5.15. The van der Waals surface area contributed by atoms with Crippen LogP contribution in [0.15, 0.2) is 138 Å². The maximum atomic E-state index is 10.2. The number of thioether (sulfide) groups is 1. The van der Waals surface area contributed by atoms with E-state index in [1.165, 1.54) is 0 Å². The van der Waals surface area contributed by atoms with Gasteiger partial charge in [-0.2, -0.15) is 15.2 Å². The molecule has 0 aliphatic heterocycles. The number of hydrogen-bond acceptors (Lipinski definition) is 4. The molecule has 0 atom stereocenters. The zero-order valence-electron chi connectivity index (χ0n) is 22.4. The largest absolute Gasteiger partial charge is 0.191 e. The normalized spacial score (nSPS) is 11.3. The van der Waals surface area contributed by atoms with E-state index in [2.05, 4.69) is 54.6 Å². The highest BCUT2D eigenvalue weighted by molar-refractivity contribution is 7.98. The fourth-order valence-corrected chi connectivity index (χ4v) is 6.39. The molecule has 0 saturated heterocycles. The summed E-state index contributed by atoms with van der Waals surface area (Å²) in [5.74, 6) is 0.712. The van der Waals surface area contributed by atoms with Gasteiger partial charge in [0, 0.05) is 16.2 Å². The van der Waals surface area contributed by atoms with Crippen LogP contribution in [0.3, 0.4) is 0 Å². The smallest absolute Gasteiger partial charge is 0.190 e. The van der Waals surface area contributed by atoms with Crippen LogP contribution in [0.2, 0.25) is 10.0 Å². The summed E-state index contributed by atoms with van der Waals surface area (Å²) < 4.78 is 0. The van der Waals surface area contributed by atoms with Crippen molar-refractivity contribution in [1.29, 1.82) is 5.26 Å². The van der Waals surface area contributed by atoms with Crippen molar-refractivity contribution < 1.29 is 0 Å². The summed E-state index contributed by atoms with van der Waals surface area (Å²) in [5.41, 5.74) is 4.76. The first-order chi connectivity index (χ1) is 20.6. The highest BCUT2D eigenvalue weighted by Gasteiger charge is 2.41. The monoisotopic (exact) mass is 602 g/mol. The lowest BCUT2D eigenvalue weighted by atomic mass is 9.77. The summed E-state index contributed by atoms with van der Waals surface area (Å²) in [4.78, 5) is 2.73. The third-order valence-corrected chi connectivity index (χ3v) is 8.90. The van der Waals surface area contributed by atoms with Gasteiger partial charge in [-0.3, -0.25) is 0 Å².